The summed E-state index contributed by atoms with van der Waals surface area (Å²) in [5.41, 5.74) is 3.72. The van der Waals surface area contributed by atoms with Gasteiger partial charge in [-0.2, -0.15) is 0 Å². The molecular weight excluding hydrogens is 246 g/mol. The fourth-order valence-corrected chi connectivity index (χ4v) is 2.06. The highest BCUT2D eigenvalue weighted by atomic mass is 15.0. The van der Waals surface area contributed by atoms with Crippen LogP contribution in [0.3, 0.4) is 0 Å². The lowest BCUT2D eigenvalue weighted by atomic mass is 10.1. The summed E-state index contributed by atoms with van der Waals surface area (Å²) in [6.45, 7) is 7.64. The molecule has 1 aromatic carbocycles. The second kappa shape index (κ2) is 7.06. The second-order valence-electron chi connectivity index (χ2n) is 5.13. The number of nitrogens with one attached hydrogen (secondary N) is 1. The minimum atomic E-state index is 0.420. The Morgan fingerprint density at radius 2 is 2.10 bits per heavy atom. The van der Waals surface area contributed by atoms with Crippen molar-refractivity contribution in [2.24, 2.45) is 0 Å². The maximum absolute atomic E-state index is 4.06. The van der Waals surface area contributed by atoms with E-state index in [1.54, 1.807) is 6.20 Å². The molecule has 20 heavy (non-hydrogen) atoms. The van der Waals surface area contributed by atoms with E-state index in [2.05, 4.69) is 61.4 Å². The van der Waals surface area contributed by atoms with Gasteiger partial charge in [-0.3, -0.25) is 0 Å². The number of benzene rings is 1. The van der Waals surface area contributed by atoms with Gasteiger partial charge in [0.1, 0.15) is 0 Å². The third-order valence-corrected chi connectivity index (χ3v) is 3.47. The van der Waals surface area contributed by atoms with Crippen molar-refractivity contribution in [1.29, 1.82) is 0 Å². The predicted octanol–water partition coefficient (Wildman–Crippen LogP) is 3.66. The van der Waals surface area contributed by atoms with Crippen molar-refractivity contribution in [2.45, 2.75) is 33.2 Å². The van der Waals surface area contributed by atoms with Crippen molar-refractivity contribution in [3.05, 3.63) is 54.1 Å². The summed E-state index contributed by atoms with van der Waals surface area (Å²) < 4.78 is 2.01. The molecule has 2 aromatic rings. The average molecular weight is 269 g/mol. The van der Waals surface area contributed by atoms with Gasteiger partial charge in [-0.05, 0) is 44.5 Å². The van der Waals surface area contributed by atoms with Gasteiger partial charge in [0, 0.05) is 24.1 Å². The SMILES string of the molecule is CCCNC(C)/C(C)=C/c1ccc(-n2ccnc2)cc1. The summed E-state index contributed by atoms with van der Waals surface area (Å²) >= 11 is 0. The van der Waals surface area contributed by atoms with E-state index in [1.165, 1.54) is 11.1 Å². The molecule has 0 bridgehead atoms. The Labute approximate surface area is 121 Å². The molecule has 0 aliphatic rings. The highest BCUT2D eigenvalue weighted by Gasteiger charge is 2.02. The Bertz CT molecular complexity index is 538. The molecular formula is C17H23N3. The Kier molecular flexibility index (Phi) is 5.13. The molecule has 3 nitrogen and oxygen atoms in total. The van der Waals surface area contributed by atoms with Crippen LogP contribution in [0.15, 0.2) is 48.6 Å². The van der Waals surface area contributed by atoms with Crippen LogP contribution in [-0.4, -0.2) is 22.1 Å². The van der Waals surface area contributed by atoms with Crippen molar-refractivity contribution in [3.8, 4) is 5.69 Å². The Morgan fingerprint density at radius 1 is 1.35 bits per heavy atom. The van der Waals surface area contributed by atoms with Crippen LogP contribution in [0.1, 0.15) is 32.8 Å². The average Bonchev–Trinajstić information content (AvgIpc) is 2.99. The lowest BCUT2D eigenvalue weighted by Gasteiger charge is -2.14. The van der Waals surface area contributed by atoms with Crippen molar-refractivity contribution in [1.82, 2.24) is 14.9 Å². The molecule has 0 saturated carbocycles. The third-order valence-electron chi connectivity index (χ3n) is 3.47. The van der Waals surface area contributed by atoms with Crippen LogP contribution in [0.25, 0.3) is 11.8 Å². The second-order valence-corrected chi connectivity index (χ2v) is 5.13. The first-order valence-corrected chi connectivity index (χ1v) is 7.20. The van der Waals surface area contributed by atoms with E-state index in [0.29, 0.717) is 6.04 Å². The third kappa shape index (κ3) is 3.81. The van der Waals surface area contributed by atoms with Crippen molar-refractivity contribution >= 4 is 6.08 Å². The summed E-state index contributed by atoms with van der Waals surface area (Å²) in [6, 6.07) is 8.94. The minimum absolute atomic E-state index is 0.420. The molecule has 106 valence electrons. The lowest BCUT2D eigenvalue weighted by Crippen LogP contribution is -2.27. The minimum Gasteiger partial charge on any atom is -0.311 e. The fourth-order valence-electron chi connectivity index (χ4n) is 2.06. The maximum atomic E-state index is 4.06. The van der Waals surface area contributed by atoms with Crippen LogP contribution >= 0.6 is 0 Å². The van der Waals surface area contributed by atoms with Crippen molar-refractivity contribution in [2.75, 3.05) is 6.54 Å². The molecule has 2 rings (SSSR count). The molecule has 0 aliphatic heterocycles. The molecule has 3 heteroatoms. The van der Waals surface area contributed by atoms with Gasteiger partial charge in [0.2, 0.25) is 0 Å². The van der Waals surface area contributed by atoms with Gasteiger partial charge in [0.05, 0.1) is 6.33 Å². The molecule has 1 aromatic heterocycles. The Balaban J connectivity index is 2.06. The molecule has 0 spiro atoms. The first kappa shape index (κ1) is 14.5. The van der Waals surface area contributed by atoms with Crippen LogP contribution < -0.4 is 5.32 Å². The van der Waals surface area contributed by atoms with E-state index in [9.17, 15) is 0 Å². The molecule has 1 N–H and O–H groups in total. The van der Waals surface area contributed by atoms with E-state index < -0.39 is 0 Å². The molecule has 1 heterocycles. The number of aromatic nitrogens is 2. The predicted molar refractivity (Wildman–Crippen MR) is 85.0 cm³/mol. The number of imidazole rings is 1. The molecule has 0 amide bonds. The van der Waals surface area contributed by atoms with Gasteiger partial charge in [-0.15, -0.1) is 0 Å². The molecule has 0 aliphatic carbocycles. The van der Waals surface area contributed by atoms with Crippen molar-refractivity contribution in [3.63, 3.8) is 0 Å². The van der Waals surface area contributed by atoms with Gasteiger partial charge in [0.15, 0.2) is 0 Å². The molecule has 0 fully saturated rings. The van der Waals surface area contributed by atoms with Crippen LogP contribution in [0.2, 0.25) is 0 Å². The normalized spacial score (nSPS) is 13.4. The van der Waals surface area contributed by atoms with E-state index in [4.69, 9.17) is 0 Å². The Morgan fingerprint density at radius 3 is 2.70 bits per heavy atom. The molecule has 1 unspecified atom stereocenters. The highest BCUT2D eigenvalue weighted by molar-refractivity contribution is 5.55. The van der Waals surface area contributed by atoms with Gasteiger partial charge in [-0.1, -0.05) is 30.7 Å². The maximum Gasteiger partial charge on any atom is 0.0991 e. The van der Waals surface area contributed by atoms with Crippen molar-refractivity contribution < 1.29 is 0 Å². The first-order chi connectivity index (χ1) is 9.70. The summed E-state index contributed by atoms with van der Waals surface area (Å²) in [4.78, 5) is 4.06. The van der Waals surface area contributed by atoms with Crippen LogP contribution in [0.5, 0.6) is 0 Å². The quantitative estimate of drug-likeness (QED) is 0.867. The number of hydrogen-bond acceptors (Lipinski definition) is 2. The van der Waals surface area contributed by atoms with E-state index in [1.807, 2.05) is 17.1 Å². The fraction of sp³-hybridized carbons (Fsp3) is 0.353. The van der Waals surface area contributed by atoms with Gasteiger partial charge < -0.3 is 9.88 Å². The zero-order valence-electron chi connectivity index (χ0n) is 12.5. The van der Waals surface area contributed by atoms with Gasteiger partial charge in [0.25, 0.3) is 0 Å². The lowest BCUT2D eigenvalue weighted by molar-refractivity contribution is 0.604. The summed E-state index contributed by atoms with van der Waals surface area (Å²) in [5, 5.41) is 3.51. The standard InChI is InChI=1S/C17H23N3/c1-4-9-19-15(3)14(2)12-16-5-7-17(8-6-16)20-11-10-18-13-20/h5-8,10-13,15,19H,4,9H2,1-3H3/b14-12+. The van der Waals surface area contributed by atoms with Gasteiger partial charge >= 0.3 is 0 Å². The topological polar surface area (TPSA) is 29.9 Å². The number of rotatable bonds is 6. The Hall–Kier alpha value is -1.87. The van der Waals surface area contributed by atoms with Gasteiger partial charge in [-0.25, -0.2) is 4.98 Å². The molecule has 0 radical (unpaired) electrons. The summed E-state index contributed by atoms with van der Waals surface area (Å²) in [6.07, 6.45) is 8.96. The van der Waals surface area contributed by atoms with Crippen LogP contribution in [-0.2, 0) is 0 Å². The highest BCUT2D eigenvalue weighted by Crippen LogP contribution is 2.13. The summed E-state index contributed by atoms with van der Waals surface area (Å²) in [5.74, 6) is 0. The van der Waals surface area contributed by atoms with E-state index in [-0.39, 0.29) is 0 Å². The summed E-state index contributed by atoms with van der Waals surface area (Å²) in [7, 11) is 0. The van der Waals surface area contributed by atoms with Crippen LogP contribution in [0.4, 0.5) is 0 Å². The molecule has 1 atom stereocenters. The first-order valence-electron chi connectivity index (χ1n) is 7.20. The van der Waals surface area contributed by atoms with E-state index in [0.717, 1.165) is 18.7 Å². The smallest absolute Gasteiger partial charge is 0.0991 e. The monoisotopic (exact) mass is 269 g/mol. The van der Waals surface area contributed by atoms with E-state index >= 15 is 0 Å². The molecule has 0 saturated heterocycles. The van der Waals surface area contributed by atoms with Crippen LogP contribution in [0, 0.1) is 0 Å². The zero-order valence-corrected chi connectivity index (χ0v) is 12.5. The number of hydrogen-bond donors (Lipinski definition) is 1. The number of nitrogens with zero attached hydrogens (tertiary/aromatic N) is 2. The zero-order chi connectivity index (χ0) is 14.4. The largest absolute Gasteiger partial charge is 0.311 e.